The molecule has 0 spiro atoms. The van der Waals surface area contributed by atoms with Crippen molar-refractivity contribution in [3.8, 4) is 11.1 Å². The van der Waals surface area contributed by atoms with Gasteiger partial charge in [0.25, 0.3) is 0 Å². The van der Waals surface area contributed by atoms with Gasteiger partial charge >= 0.3 is 5.97 Å². The molecule has 1 heterocycles. The number of aryl methyl sites for hydroxylation is 1. The summed E-state index contributed by atoms with van der Waals surface area (Å²) in [5.74, 6) is -0.176. The van der Waals surface area contributed by atoms with E-state index in [0.29, 0.717) is 10.6 Å². The van der Waals surface area contributed by atoms with Crippen molar-refractivity contribution in [2.24, 2.45) is 5.92 Å². The van der Waals surface area contributed by atoms with Crippen LogP contribution in [0.15, 0.2) is 48.2 Å². The van der Waals surface area contributed by atoms with Crippen molar-refractivity contribution < 1.29 is 14.6 Å². The largest absolute Gasteiger partial charge is 0.507 e. The number of carbonyl (C=O) groups is 1. The Morgan fingerprint density at radius 2 is 1.68 bits per heavy atom. The molecule has 4 rings (SSSR count). The Kier molecular flexibility index (Phi) is 4.96. The summed E-state index contributed by atoms with van der Waals surface area (Å²) in [7, 11) is 0. The lowest BCUT2D eigenvalue weighted by atomic mass is 9.76. The van der Waals surface area contributed by atoms with Gasteiger partial charge in [-0.15, -0.1) is 0 Å². The van der Waals surface area contributed by atoms with E-state index in [1.807, 2.05) is 56.3 Å². The van der Waals surface area contributed by atoms with Crippen LogP contribution in [0.1, 0.15) is 50.2 Å². The second kappa shape index (κ2) is 7.29. The van der Waals surface area contributed by atoms with Crippen LogP contribution < -0.4 is 0 Å². The minimum Gasteiger partial charge on any atom is -0.507 e. The number of aliphatic hydroxyl groups is 1. The van der Waals surface area contributed by atoms with Gasteiger partial charge in [-0.3, -0.25) is 0 Å². The quantitative estimate of drug-likeness (QED) is 0.604. The number of ether oxygens (including phenoxy) is 1. The van der Waals surface area contributed by atoms with Crippen LogP contribution in [0.25, 0.3) is 16.7 Å². The lowest BCUT2D eigenvalue weighted by Gasteiger charge is -2.35. The second-order valence-electron chi connectivity index (χ2n) is 8.09. The molecule has 1 fully saturated rings. The molecule has 1 saturated carbocycles. The predicted octanol–water partition coefficient (Wildman–Crippen LogP) is 6.48. The van der Waals surface area contributed by atoms with Crippen LogP contribution >= 0.6 is 11.6 Å². The summed E-state index contributed by atoms with van der Waals surface area (Å²) >= 11 is 6.00. The number of rotatable bonds is 3. The molecule has 0 aromatic heterocycles. The highest BCUT2D eigenvalue weighted by atomic mass is 35.5. The van der Waals surface area contributed by atoms with E-state index in [4.69, 9.17) is 16.3 Å². The zero-order valence-electron chi connectivity index (χ0n) is 16.3. The first kappa shape index (κ1) is 19.1. The molecule has 2 aliphatic rings. The van der Waals surface area contributed by atoms with Crippen molar-refractivity contribution in [2.45, 2.75) is 51.6 Å². The number of hydrogen-bond acceptors (Lipinski definition) is 3. The minimum absolute atomic E-state index is 0.0840. The average Bonchev–Trinajstić information content (AvgIpc) is 2.93. The molecule has 3 nitrogen and oxygen atoms in total. The molecule has 1 aliphatic carbocycles. The molecular weight excluding hydrogens is 372 g/mol. The van der Waals surface area contributed by atoms with Crippen molar-refractivity contribution in [3.63, 3.8) is 0 Å². The van der Waals surface area contributed by atoms with Crippen molar-refractivity contribution in [1.29, 1.82) is 0 Å². The van der Waals surface area contributed by atoms with Crippen molar-refractivity contribution >= 4 is 23.1 Å². The molecule has 1 atom stereocenters. The van der Waals surface area contributed by atoms with E-state index in [2.05, 4.69) is 0 Å². The third-order valence-corrected chi connectivity index (χ3v) is 6.54. The maximum Gasteiger partial charge on any atom is 0.343 e. The van der Waals surface area contributed by atoms with Crippen LogP contribution in [-0.4, -0.2) is 16.7 Å². The summed E-state index contributed by atoms with van der Waals surface area (Å²) in [6, 6.07) is 13.5. The molecule has 4 heteroatoms. The van der Waals surface area contributed by atoms with E-state index in [0.717, 1.165) is 47.9 Å². The van der Waals surface area contributed by atoms with Gasteiger partial charge in [0.15, 0.2) is 11.4 Å². The van der Waals surface area contributed by atoms with Gasteiger partial charge in [-0.05, 0) is 67.1 Å². The summed E-state index contributed by atoms with van der Waals surface area (Å²) in [6.07, 6.45) is 5.40. The standard InChI is InChI=1S/C24H25ClO3/c1-15-8-9-17(16-10-12-19(25)13-11-16)14-20(15)21-22(26)24(2,28-23(21)27)18-6-4-3-5-7-18/h8-14,18,26H,3-7H2,1-2H3. The molecule has 0 amide bonds. The van der Waals surface area contributed by atoms with Crippen molar-refractivity contribution in [2.75, 3.05) is 0 Å². The first-order chi connectivity index (χ1) is 13.4. The summed E-state index contributed by atoms with van der Waals surface area (Å²) in [5.41, 5.74) is 3.03. The van der Waals surface area contributed by atoms with Gasteiger partial charge in [0.2, 0.25) is 0 Å². The minimum atomic E-state index is -0.921. The number of benzene rings is 2. The first-order valence-corrected chi connectivity index (χ1v) is 10.3. The molecular formula is C24H25ClO3. The Bertz CT molecular complexity index is 939. The van der Waals surface area contributed by atoms with Gasteiger partial charge in [-0.25, -0.2) is 4.79 Å². The Hall–Kier alpha value is -2.26. The Labute approximate surface area is 171 Å². The van der Waals surface area contributed by atoms with Crippen LogP contribution in [0.4, 0.5) is 0 Å². The van der Waals surface area contributed by atoms with Gasteiger partial charge in [0, 0.05) is 10.9 Å². The molecule has 1 aliphatic heterocycles. The van der Waals surface area contributed by atoms with Crippen LogP contribution in [0.2, 0.25) is 5.02 Å². The third-order valence-electron chi connectivity index (χ3n) is 6.28. The van der Waals surface area contributed by atoms with E-state index >= 15 is 0 Å². The summed E-state index contributed by atoms with van der Waals surface area (Å²) in [4.78, 5) is 12.8. The Morgan fingerprint density at radius 1 is 1.04 bits per heavy atom. The highest BCUT2D eigenvalue weighted by Gasteiger charge is 2.50. The molecule has 0 radical (unpaired) electrons. The van der Waals surface area contributed by atoms with Gasteiger partial charge in [-0.2, -0.15) is 0 Å². The van der Waals surface area contributed by atoms with Crippen molar-refractivity contribution in [3.05, 3.63) is 64.4 Å². The number of esters is 1. The topological polar surface area (TPSA) is 46.5 Å². The molecule has 146 valence electrons. The summed E-state index contributed by atoms with van der Waals surface area (Å²) < 4.78 is 5.80. The predicted molar refractivity (Wildman–Crippen MR) is 112 cm³/mol. The van der Waals surface area contributed by atoms with E-state index in [1.165, 1.54) is 6.42 Å². The first-order valence-electron chi connectivity index (χ1n) is 9.94. The van der Waals surface area contributed by atoms with E-state index < -0.39 is 11.6 Å². The van der Waals surface area contributed by atoms with Crippen LogP contribution in [-0.2, 0) is 9.53 Å². The fourth-order valence-electron chi connectivity index (χ4n) is 4.52. The highest BCUT2D eigenvalue weighted by Crippen LogP contribution is 2.46. The molecule has 2 aromatic rings. The summed E-state index contributed by atoms with van der Waals surface area (Å²) in [5, 5.41) is 11.8. The number of halogens is 1. The smallest absolute Gasteiger partial charge is 0.343 e. The van der Waals surface area contributed by atoms with Crippen LogP contribution in [0.5, 0.6) is 0 Å². The van der Waals surface area contributed by atoms with Crippen LogP contribution in [0, 0.1) is 12.8 Å². The number of carbonyl (C=O) groups excluding carboxylic acids is 1. The zero-order valence-corrected chi connectivity index (χ0v) is 17.1. The SMILES string of the molecule is Cc1ccc(-c2ccc(Cl)cc2)cc1C1=C(O)C(C)(C2CCCCC2)OC1=O. The van der Waals surface area contributed by atoms with Gasteiger partial charge in [0.05, 0.1) is 0 Å². The fourth-order valence-corrected chi connectivity index (χ4v) is 4.64. The Balaban J connectivity index is 1.77. The maximum atomic E-state index is 12.8. The van der Waals surface area contributed by atoms with E-state index in [-0.39, 0.29) is 11.7 Å². The molecule has 28 heavy (non-hydrogen) atoms. The zero-order chi connectivity index (χ0) is 19.9. The fraction of sp³-hybridized carbons (Fsp3) is 0.375. The third kappa shape index (κ3) is 3.22. The highest BCUT2D eigenvalue weighted by molar-refractivity contribution is 6.30. The van der Waals surface area contributed by atoms with E-state index in [9.17, 15) is 9.90 Å². The Morgan fingerprint density at radius 3 is 2.36 bits per heavy atom. The number of hydrogen-bond donors (Lipinski definition) is 1. The van der Waals surface area contributed by atoms with Gasteiger partial charge in [0.1, 0.15) is 5.57 Å². The summed E-state index contributed by atoms with van der Waals surface area (Å²) in [6.45, 7) is 3.81. The van der Waals surface area contributed by atoms with Crippen LogP contribution in [0.3, 0.4) is 0 Å². The molecule has 1 unspecified atom stereocenters. The van der Waals surface area contributed by atoms with Gasteiger partial charge < -0.3 is 9.84 Å². The lowest BCUT2D eigenvalue weighted by Crippen LogP contribution is -2.38. The normalized spacial score (nSPS) is 23.2. The monoisotopic (exact) mass is 396 g/mol. The average molecular weight is 397 g/mol. The van der Waals surface area contributed by atoms with Gasteiger partial charge in [-0.1, -0.05) is 55.1 Å². The van der Waals surface area contributed by atoms with Crippen molar-refractivity contribution in [1.82, 2.24) is 0 Å². The lowest BCUT2D eigenvalue weighted by molar-refractivity contribution is -0.151. The number of cyclic esters (lactones) is 1. The van der Waals surface area contributed by atoms with E-state index in [1.54, 1.807) is 0 Å². The maximum absolute atomic E-state index is 12.8. The molecule has 2 aromatic carbocycles. The number of aliphatic hydroxyl groups excluding tert-OH is 1. The molecule has 0 saturated heterocycles. The second-order valence-corrected chi connectivity index (χ2v) is 8.53. The molecule has 0 bridgehead atoms. The molecule has 1 N–H and O–H groups in total.